The van der Waals surface area contributed by atoms with E-state index in [2.05, 4.69) is 0 Å². The minimum atomic E-state index is -4.51. The smallest absolute Gasteiger partial charge is 0.323 e. The molecule has 1 aromatic rings. The third-order valence-electron chi connectivity index (χ3n) is 2.04. The van der Waals surface area contributed by atoms with Gasteiger partial charge in [-0.3, -0.25) is 0 Å². The highest BCUT2D eigenvalue weighted by atomic mass is 35.5. The molecule has 0 aliphatic rings. The number of nitriles is 1. The van der Waals surface area contributed by atoms with Crippen LogP contribution in [0, 0.1) is 11.3 Å². The summed E-state index contributed by atoms with van der Waals surface area (Å²) in [4.78, 5) is 0. The monoisotopic (exact) mass is 284 g/mol. The third-order valence-corrected chi connectivity index (χ3v) is 2.36. The number of halogens is 5. The molecule has 0 aliphatic heterocycles. The lowest BCUT2D eigenvalue weighted by molar-refractivity contribution is -0.137. The molecule has 1 aromatic carbocycles. The van der Waals surface area contributed by atoms with Crippen molar-refractivity contribution in [1.82, 2.24) is 0 Å². The second-order valence-electron chi connectivity index (χ2n) is 3.21. The van der Waals surface area contributed by atoms with E-state index >= 15 is 0 Å². The van der Waals surface area contributed by atoms with Crippen LogP contribution in [0.25, 0.3) is 0 Å². The van der Waals surface area contributed by atoms with Crippen LogP contribution >= 0.6 is 24.0 Å². The first kappa shape index (κ1) is 16.0. The second kappa shape index (κ2) is 6.10. The second-order valence-corrected chi connectivity index (χ2v) is 3.61. The van der Waals surface area contributed by atoms with Crippen LogP contribution in [0.4, 0.5) is 13.2 Å². The zero-order valence-corrected chi connectivity index (χ0v) is 10.0. The number of benzene rings is 1. The Morgan fingerprint density at radius 3 is 2.47 bits per heavy atom. The third kappa shape index (κ3) is 4.08. The van der Waals surface area contributed by atoms with Gasteiger partial charge in [-0.05, 0) is 17.7 Å². The molecule has 1 atom stereocenters. The molecule has 0 radical (unpaired) electrons. The molecule has 0 heterocycles. The number of hydrogen-bond donors (Lipinski definition) is 1. The molecule has 0 unspecified atom stereocenters. The molecule has 0 aliphatic carbocycles. The SMILES string of the molecule is Cl.N#CC[C@@H](N)c1ccc(Cl)c(C(F)(F)F)c1. The molecule has 2 nitrogen and oxygen atoms in total. The quantitative estimate of drug-likeness (QED) is 0.900. The number of hydrogen-bond acceptors (Lipinski definition) is 2. The minimum Gasteiger partial charge on any atom is -0.323 e. The van der Waals surface area contributed by atoms with Gasteiger partial charge in [0.05, 0.1) is 23.1 Å². The largest absolute Gasteiger partial charge is 0.417 e. The summed E-state index contributed by atoms with van der Waals surface area (Å²) >= 11 is 5.44. The van der Waals surface area contributed by atoms with Crippen molar-refractivity contribution in [2.45, 2.75) is 18.6 Å². The van der Waals surface area contributed by atoms with Crippen molar-refractivity contribution < 1.29 is 13.2 Å². The van der Waals surface area contributed by atoms with Crippen molar-refractivity contribution in [3.8, 4) is 6.07 Å². The normalized spacial score (nSPS) is 12.5. The first-order valence-corrected chi connectivity index (χ1v) is 4.73. The Labute approximate surface area is 108 Å². The molecular weight excluding hydrogens is 276 g/mol. The first-order chi connectivity index (χ1) is 7.36. The topological polar surface area (TPSA) is 49.8 Å². The molecule has 1 rings (SSSR count). The summed E-state index contributed by atoms with van der Waals surface area (Å²) in [6.07, 6.45) is -4.56. The van der Waals surface area contributed by atoms with E-state index in [4.69, 9.17) is 22.6 Å². The Morgan fingerprint density at radius 2 is 2.00 bits per heavy atom. The Morgan fingerprint density at radius 1 is 1.41 bits per heavy atom. The molecule has 0 bridgehead atoms. The van der Waals surface area contributed by atoms with Crippen LogP contribution in [-0.2, 0) is 6.18 Å². The van der Waals surface area contributed by atoms with Crippen molar-refractivity contribution in [3.63, 3.8) is 0 Å². The zero-order chi connectivity index (χ0) is 12.3. The van der Waals surface area contributed by atoms with E-state index in [0.717, 1.165) is 12.1 Å². The highest BCUT2D eigenvalue weighted by Gasteiger charge is 2.33. The fourth-order valence-corrected chi connectivity index (χ4v) is 1.43. The number of nitrogens with two attached hydrogens (primary N) is 1. The van der Waals surface area contributed by atoms with Crippen LogP contribution in [0.5, 0.6) is 0 Å². The maximum Gasteiger partial charge on any atom is 0.417 e. The van der Waals surface area contributed by atoms with Crippen LogP contribution in [0.2, 0.25) is 5.02 Å². The summed E-state index contributed by atoms with van der Waals surface area (Å²) in [5.74, 6) is 0. The van der Waals surface area contributed by atoms with Crippen LogP contribution in [0.1, 0.15) is 23.6 Å². The fourth-order valence-electron chi connectivity index (χ4n) is 1.21. The van der Waals surface area contributed by atoms with E-state index in [1.807, 2.05) is 0 Å². The van der Waals surface area contributed by atoms with Gasteiger partial charge in [0, 0.05) is 6.04 Å². The van der Waals surface area contributed by atoms with Gasteiger partial charge in [-0.1, -0.05) is 17.7 Å². The Balaban J connectivity index is 0.00000256. The van der Waals surface area contributed by atoms with Gasteiger partial charge in [-0.25, -0.2) is 0 Å². The minimum absolute atomic E-state index is 0. The van der Waals surface area contributed by atoms with Crippen LogP contribution in [0.3, 0.4) is 0 Å². The van der Waals surface area contributed by atoms with Gasteiger partial charge in [-0.2, -0.15) is 18.4 Å². The van der Waals surface area contributed by atoms with Crippen molar-refractivity contribution in [1.29, 1.82) is 5.26 Å². The van der Waals surface area contributed by atoms with E-state index in [1.54, 1.807) is 6.07 Å². The van der Waals surface area contributed by atoms with Gasteiger partial charge in [0.1, 0.15) is 0 Å². The molecule has 0 aromatic heterocycles. The molecule has 0 saturated carbocycles. The van der Waals surface area contributed by atoms with E-state index in [-0.39, 0.29) is 29.4 Å². The van der Waals surface area contributed by atoms with Gasteiger partial charge in [0.15, 0.2) is 0 Å². The summed E-state index contributed by atoms with van der Waals surface area (Å²) in [5, 5.41) is 8.03. The molecule has 0 amide bonds. The molecule has 0 saturated heterocycles. The van der Waals surface area contributed by atoms with E-state index in [9.17, 15) is 13.2 Å². The lowest BCUT2D eigenvalue weighted by Gasteiger charge is -2.13. The summed E-state index contributed by atoms with van der Waals surface area (Å²) in [6, 6.07) is 4.47. The molecule has 0 spiro atoms. The van der Waals surface area contributed by atoms with E-state index in [1.165, 1.54) is 6.07 Å². The zero-order valence-electron chi connectivity index (χ0n) is 8.46. The highest BCUT2D eigenvalue weighted by Crippen LogP contribution is 2.36. The van der Waals surface area contributed by atoms with Crippen molar-refractivity contribution in [2.24, 2.45) is 5.73 Å². The standard InChI is InChI=1S/C10H8ClF3N2.ClH/c11-8-2-1-6(9(16)3-4-15)5-7(8)10(12,13)14;/h1-2,5,9H,3,16H2;1H/t9-;/m1./s1. The molecule has 94 valence electrons. The van der Waals surface area contributed by atoms with Gasteiger partial charge < -0.3 is 5.73 Å². The van der Waals surface area contributed by atoms with Crippen LogP contribution < -0.4 is 5.73 Å². The number of alkyl halides is 3. The molecule has 17 heavy (non-hydrogen) atoms. The Bertz CT molecular complexity index is 427. The number of nitrogens with zero attached hydrogens (tertiary/aromatic N) is 1. The number of rotatable bonds is 2. The molecule has 0 fully saturated rings. The van der Waals surface area contributed by atoms with Gasteiger partial charge in [-0.15, -0.1) is 12.4 Å². The highest BCUT2D eigenvalue weighted by molar-refractivity contribution is 6.31. The van der Waals surface area contributed by atoms with Gasteiger partial charge in [0.25, 0.3) is 0 Å². The maximum atomic E-state index is 12.5. The lowest BCUT2D eigenvalue weighted by atomic mass is 10.0. The maximum absolute atomic E-state index is 12.5. The van der Waals surface area contributed by atoms with Crippen molar-refractivity contribution >= 4 is 24.0 Å². The van der Waals surface area contributed by atoms with Crippen LogP contribution in [0.15, 0.2) is 18.2 Å². The van der Waals surface area contributed by atoms with E-state index < -0.39 is 17.8 Å². The van der Waals surface area contributed by atoms with Crippen molar-refractivity contribution in [3.05, 3.63) is 34.3 Å². The fraction of sp³-hybridized carbons (Fsp3) is 0.300. The summed E-state index contributed by atoms with van der Waals surface area (Å²) < 4.78 is 37.5. The van der Waals surface area contributed by atoms with Crippen LogP contribution in [-0.4, -0.2) is 0 Å². The Kier molecular flexibility index (Phi) is 5.76. The van der Waals surface area contributed by atoms with Gasteiger partial charge in [0.2, 0.25) is 0 Å². The van der Waals surface area contributed by atoms with E-state index in [0.29, 0.717) is 0 Å². The Hall–Kier alpha value is -0.960. The average Bonchev–Trinajstić information content (AvgIpc) is 2.16. The molecule has 7 heteroatoms. The lowest BCUT2D eigenvalue weighted by Crippen LogP contribution is -2.12. The molecule has 2 N–H and O–H groups in total. The average molecular weight is 285 g/mol. The summed E-state index contributed by atoms with van der Waals surface area (Å²) in [5.41, 5.74) is 4.85. The summed E-state index contributed by atoms with van der Waals surface area (Å²) in [7, 11) is 0. The molecular formula is C10H9Cl2F3N2. The van der Waals surface area contributed by atoms with Crippen molar-refractivity contribution in [2.75, 3.05) is 0 Å². The van der Waals surface area contributed by atoms with Gasteiger partial charge >= 0.3 is 6.18 Å². The summed E-state index contributed by atoms with van der Waals surface area (Å²) in [6.45, 7) is 0. The predicted octanol–water partition coefficient (Wildman–Crippen LogP) is 3.69. The first-order valence-electron chi connectivity index (χ1n) is 4.35. The predicted molar refractivity (Wildman–Crippen MR) is 60.9 cm³/mol.